The van der Waals surface area contributed by atoms with Gasteiger partial charge in [0, 0.05) is 45.1 Å². The number of amides is 4. The Morgan fingerprint density at radius 3 is 2.33 bits per heavy atom. The van der Waals surface area contributed by atoms with E-state index in [0.29, 0.717) is 19.4 Å². The lowest BCUT2D eigenvalue weighted by Crippen LogP contribution is -2.53. The molecule has 0 saturated carbocycles. The minimum atomic E-state index is -0.497. The van der Waals surface area contributed by atoms with Crippen molar-refractivity contribution < 1.29 is 23.9 Å². The summed E-state index contributed by atoms with van der Waals surface area (Å²) >= 11 is 0. The predicted octanol–water partition coefficient (Wildman–Crippen LogP) is 4.19. The van der Waals surface area contributed by atoms with Crippen LogP contribution < -0.4 is 10.6 Å². The van der Waals surface area contributed by atoms with Crippen LogP contribution in [-0.4, -0.2) is 84.9 Å². The molecule has 1 heterocycles. The number of carbonyl (C=O) groups is 4. The first-order valence-electron chi connectivity index (χ1n) is 16.1. The van der Waals surface area contributed by atoms with Crippen molar-refractivity contribution in [2.75, 3.05) is 27.2 Å². The van der Waals surface area contributed by atoms with Crippen LogP contribution in [0.1, 0.15) is 85.6 Å². The Morgan fingerprint density at radius 1 is 1.05 bits per heavy atom. The van der Waals surface area contributed by atoms with Crippen LogP contribution in [0.25, 0.3) is 0 Å². The van der Waals surface area contributed by atoms with Crippen molar-refractivity contribution >= 4 is 23.6 Å². The van der Waals surface area contributed by atoms with Crippen LogP contribution in [0.15, 0.2) is 30.3 Å². The van der Waals surface area contributed by atoms with Crippen molar-refractivity contribution in [2.24, 2.45) is 17.8 Å². The average molecular weight is 601 g/mol. The standard InChI is InChI=1S/C34H56N4O5/c1-9-24(4)33(37(7)32(41)22-35-30(39)18-23(2)3)29(43-8)21-31(40)38-17-13-16-28(38)19-25(5)34(42)36-26(6)20-27-14-11-10-12-15-27/h10-12,14-15,23-26,28-29,33H,9,13,16-22H2,1-8H3,(H,35,39)(H,36,42)/t24-,25?,26+,28-,29?,33?/m0/s1. The first-order valence-corrected chi connectivity index (χ1v) is 16.1. The van der Waals surface area contributed by atoms with E-state index in [1.807, 2.05) is 50.8 Å². The van der Waals surface area contributed by atoms with Gasteiger partial charge in [-0.2, -0.15) is 0 Å². The van der Waals surface area contributed by atoms with Crippen LogP contribution in [0.2, 0.25) is 0 Å². The number of ether oxygens (including phenoxy) is 1. The fourth-order valence-electron chi connectivity index (χ4n) is 6.11. The van der Waals surface area contributed by atoms with Crippen LogP contribution >= 0.6 is 0 Å². The van der Waals surface area contributed by atoms with Gasteiger partial charge in [0.15, 0.2) is 0 Å². The Balaban J connectivity index is 2.00. The lowest BCUT2D eigenvalue weighted by Gasteiger charge is -2.38. The lowest BCUT2D eigenvalue weighted by molar-refractivity contribution is -0.143. The van der Waals surface area contributed by atoms with E-state index >= 15 is 0 Å². The summed E-state index contributed by atoms with van der Waals surface area (Å²) in [4.78, 5) is 55.4. The summed E-state index contributed by atoms with van der Waals surface area (Å²) in [5, 5.41) is 5.87. The molecule has 4 amide bonds. The van der Waals surface area contributed by atoms with Gasteiger partial charge in [-0.3, -0.25) is 19.2 Å². The van der Waals surface area contributed by atoms with Crippen LogP contribution in [0, 0.1) is 17.8 Å². The molecule has 0 aliphatic carbocycles. The van der Waals surface area contributed by atoms with Crippen molar-refractivity contribution in [3.63, 3.8) is 0 Å². The zero-order valence-electron chi connectivity index (χ0n) is 27.7. The van der Waals surface area contributed by atoms with Crippen molar-refractivity contribution in [3.8, 4) is 0 Å². The Kier molecular flexibility index (Phi) is 15.2. The Labute approximate surface area is 259 Å². The van der Waals surface area contributed by atoms with E-state index in [-0.39, 0.29) is 72.5 Å². The number of benzene rings is 1. The van der Waals surface area contributed by atoms with Crippen LogP contribution in [0.4, 0.5) is 0 Å². The number of hydrogen-bond acceptors (Lipinski definition) is 5. The van der Waals surface area contributed by atoms with Crippen molar-refractivity contribution in [1.82, 2.24) is 20.4 Å². The molecule has 1 aliphatic heterocycles. The molecular formula is C34H56N4O5. The molecule has 9 heteroatoms. The average Bonchev–Trinajstić information content (AvgIpc) is 3.43. The fourth-order valence-corrected chi connectivity index (χ4v) is 6.11. The molecule has 1 aromatic rings. The molecule has 0 spiro atoms. The summed E-state index contributed by atoms with van der Waals surface area (Å²) in [5.74, 6) is -0.305. The number of hydrogen-bond donors (Lipinski definition) is 2. The molecule has 1 aromatic carbocycles. The summed E-state index contributed by atoms with van der Waals surface area (Å²) in [6.45, 7) is 12.5. The third-order valence-corrected chi connectivity index (χ3v) is 8.70. The lowest BCUT2D eigenvalue weighted by atomic mass is 9.90. The molecule has 3 unspecified atom stereocenters. The second kappa shape index (κ2) is 18.0. The van der Waals surface area contributed by atoms with Crippen LogP contribution in [0.5, 0.6) is 0 Å². The van der Waals surface area contributed by atoms with Crippen LogP contribution in [-0.2, 0) is 30.3 Å². The van der Waals surface area contributed by atoms with Crippen molar-refractivity contribution in [2.45, 2.75) is 111 Å². The SMILES string of the molecule is CC[C@H](C)C(C(CC(=O)N1CCC[C@H]1CC(C)C(=O)N[C@H](C)Cc1ccccc1)OC)N(C)C(=O)CNC(=O)CC(C)C. The molecule has 242 valence electrons. The zero-order chi connectivity index (χ0) is 32.1. The van der Waals surface area contributed by atoms with Gasteiger partial charge in [0.2, 0.25) is 23.6 Å². The number of carbonyl (C=O) groups excluding carboxylic acids is 4. The van der Waals surface area contributed by atoms with E-state index in [0.717, 1.165) is 25.7 Å². The van der Waals surface area contributed by atoms with Gasteiger partial charge in [-0.1, -0.05) is 71.4 Å². The number of likely N-dealkylation sites (N-methyl/N-ethyl adjacent to an activating group) is 1. The normalized spacial score (nSPS) is 18.4. The van der Waals surface area contributed by atoms with Gasteiger partial charge in [-0.15, -0.1) is 0 Å². The molecule has 43 heavy (non-hydrogen) atoms. The molecule has 2 rings (SSSR count). The van der Waals surface area contributed by atoms with Gasteiger partial charge in [0.25, 0.3) is 0 Å². The summed E-state index contributed by atoms with van der Waals surface area (Å²) in [6, 6.07) is 9.79. The topological polar surface area (TPSA) is 108 Å². The first-order chi connectivity index (χ1) is 20.4. The van der Waals surface area contributed by atoms with Crippen molar-refractivity contribution in [3.05, 3.63) is 35.9 Å². The number of likely N-dealkylation sites (tertiary alicyclic amines) is 1. The molecule has 1 aliphatic rings. The first kappa shape index (κ1) is 36.3. The number of methoxy groups -OCH3 is 1. The Morgan fingerprint density at radius 2 is 1.72 bits per heavy atom. The van der Waals surface area contributed by atoms with E-state index in [2.05, 4.69) is 36.6 Å². The molecule has 0 radical (unpaired) electrons. The summed E-state index contributed by atoms with van der Waals surface area (Å²) in [6.07, 6.45) is 3.96. The molecule has 0 bridgehead atoms. The second-order valence-corrected chi connectivity index (χ2v) is 12.9. The highest BCUT2D eigenvalue weighted by Crippen LogP contribution is 2.27. The highest BCUT2D eigenvalue weighted by atomic mass is 16.5. The second-order valence-electron chi connectivity index (χ2n) is 12.9. The molecule has 6 atom stereocenters. The summed E-state index contributed by atoms with van der Waals surface area (Å²) in [7, 11) is 3.31. The van der Waals surface area contributed by atoms with Gasteiger partial charge >= 0.3 is 0 Å². The maximum atomic E-state index is 13.7. The van der Waals surface area contributed by atoms with Crippen LogP contribution in [0.3, 0.4) is 0 Å². The Hall–Kier alpha value is -2.94. The molecule has 2 N–H and O–H groups in total. The molecule has 1 fully saturated rings. The largest absolute Gasteiger partial charge is 0.379 e. The van der Waals surface area contributed by atoms with Gasteiger partial charge < -0.3 is 25.2 Å². The third kappa shape index (κ3) is 11.6. The van der Waals surface area contributed by atoms with Gasteiger partial charge in [0.05, 0.1) is 25.1 Å². The smallest absolute Gasteiger partial charge is 0.242 e. The summed E-state index contributed by atoms with van der Waals surface area (Å²) < 4.78 is 5.87. The van der Waals surface area contributed by atoms with E-state index in [4.69, 9.17) is 4.74 Å². The maximum absolute atomic E-state index is 13.7. The van der Waals surface area contributed by atoms with E-state index in [1.165, 1.54) is 5.56 Å². The zero-order valence-corrected chi connectivity index (χ0v) is 27.7. The summed E-state index contributed by atoms with van der Waals surface area (Å²) in [5.41, 5.74) is 1.18. The predicted molar refractivity (Wildman–Crippen MR) is 170 cm³/mol. The highest BCUT2D eigenvalue weighted by molar-refractivity contribution is 5.85. The third-order valence-electron chi connectivity index (χ3n) is 8.70. The van der Waals surface area contributed by atoms with E-state index in [9.17, 15) is 19.2 Å². The van der Waals surface area contributed by atoms with Gasteiger partial charge in [-0.25, -0.2) is 0 Å². The molecule has 0 aromatic heterocycles. The van der Waals surface area contributed by atoms with E-state index in [1.54, 1.807) is 19.1 Å². The number of nitrogens with zero attached hydrogens (tertiary/aromatic N) is 2. The minimum Gasteiger partial charge on any atom is -0.379 e. The maximum Gasteiger partial charge on any atom is 0.242 e. The Bertz CT molecular complexity index is 1030. The van der Waals surface area contributed by atoms with Gasteiger partial charge in [-0.05, 0) is 50.0 Å². The minimum absolute atomic E-state index is 0.00670. The van der Waals surface area contributed by atoms with Crippen molar-refractivity contribution in [1.29, 1.82) is 0 Å². The molecular weight excluding hydrogens is 544 g/mol. The molecule has 1 saturated heterocycles. The van der Waals surface area contributed by atoms with Gasteiger partial charge in [0.1, 0.15) is 0 Å². The number of rotatable bonds is 17. The highest BCUT2D eigenvalue weighted by Gasteiger charge is 2.37. The number of nitrogens with one attached hydrogen (secondary N) is 2. The quantitative estimate of drug-likeness (QED) is 0.279. The monoisotopic (exact) mass is 600 g/mol. The van der Waals surface area contributed by atoms with E-state index < -0.39 is 6.10 Å². The molecule has 9 nitrogen and oxygen atoms in total. The fraction of sp³-hybridized carbons (Fsp3) is 0.706.